The molecule has 8 nitrogen and oxygen atoms in total. The molecule has 0 spiro atoms. The Morgan fingerprint density at radius 2 is 1.59 bits per heavy atom. The number of halogens is 1. The Bertz CT molecular complexity index is 1840. The molecule has 2 aliphatic rings. The molecule has 236 valence electrons. The molecule has 4 heterocycles. The first-order chi connectivity index (χ1) is 22.5. The number of ether oxygens (including phenoxy) is 1. The topological polar surface area (TPSA) is 75.3 Å². The van der Waals surface area contributed by atoms with Crippen molar-refractivity contribution in [2.45, 2.75) is 19.9 Å². The van der Waals surface area contributed by atoms with Crippen molar-refractivity contribution in [2.24, 2.45) is 4.99 Å². The quantitative estimate of drug-likeness (QED) is 0.214. The average molecular weight is 637 g/mol. The van der Waals surface area contributed by atoms with Crippen molar-refractivity contribution in [1.29, 1.82) is 0 Å². The lowest BCUT2D eigenvalue weighted by Crippen LogP contribution is -2.37. The Balaban J connectivity index is 1.44. The Morgan fingerprint density at radius 1 is 0.913 bits per heavy atom. The Hall–Kier alpha value is -4.25. The van der Waals surface area contributed by atoms with Crippen LogP contribution in [0.2, 0.25) is 0 Å². The molecule has 0 bridgehead atoms. The van der Waals surface area contributed by atoms with Gasteiger partial charge in [-0.15, -0.1) is 5.10 Å². The summed E-state index contributed by atoms with van der Waals surface area (Å²) in [6.07, 6.45) is 0.465. The summed E-state index contributed by atoms with van der Waals surface area (Å²) in [7, 11) is -0.784. The van der Waals surface area contributed by atoms with Gasteiger partial charge in [0.15, 0.2) is 11.5 Å². The van der Waals surface area contributed by atoms with E-state index in [0.29, 0.717) is 54.6 Å². The van der Waals surface area contributed by atoms with Crippen LogP contribution in [-0.4, -0.2) is 80.3 Å². The van der Waals surface area contributed by atoms with Crippen molar-refractivity contribution in [1.82, 2.24) is 19.5 Å². The second-order valence-corrected chi connectivity index (χ2v) is 13.4. The van der Waals surface area contributed by atoms with E-state index in [1.54, 1.807) is 6.07 Å². The molecule has 0 saturated carbocycles. The van der Waals surface area contributed by atoms with Gasteiger partial charge in [-0.3, -0.25) is 9.11 Å². The number of hydrogen-bond acceptors (Lipinski definition) is 7. The number of imidazole rings is 1. The van der Waals surface area contributed by atoms with Crippen molar-refractivity contribution < 1.29 is 13.3 Å². The number of rotatable bonds is 8. The van der Waals surface area contributed by atoms with Gasteiger partial charge in [0.25, 0.3) is 0 Å². The summed E-state index contributed by atoms with van der Waals surface area (Å²) in [5.41, 5.74) is 7.50. The molecule has 7 rings (SSSR count). The van der Waals surface area contributed by atoms with Gasteiger partial charge in [0, 0.05) is 78.6 Å². The van der Waals surface area contributed by atoms with Gasteiger partial charge in [0.1, 0.15) is 11.5 Å². The van der Waals surface area contributed by atoms with E-state index in [4.69, 9.17) is 19.8 Å². The van der Waals surface area contributed by atoms with Gasteiger partial charge in [-0.1, -0.05) is 72.8 Å². The maximum absolute atomic E-state index is 14.8. The first-order valence-electron chi connectivity index (χ1n) is 15.8. The zero-order valence-electron chi connectivity index (χ0n) is 25.9. The van der Waals surface area contributed by atoms with E-state index in [9.17, 15) is 8.60 Å². The molecule has 10 heteroatoms. The summed E-state index contributed by atoms with van der Waals surface area (Å²) in [6, 6.07) is 27.6. The summed E-state index contributed by atoms with van der Waals surface area (Å²) in [6.45, 7) is 6.57. The van der Waals surface area contributed by atoms with E-state index in [1.165, 1.54) is 6.07 Å². The number of aliphatic imine (C=N–C) groups is 1. The largest absolute Gasteiger partial charge is 0.378 e. The number of hydrogen-bond donors (Lipinski definition) is 0. The fourth-order valence-corrected chi connectivity index (χ4v) is 7.22. The van der Waals surface area contributed by atoms with Crippen LogP contribution in [0.1, 0.15) is 33.6 Å². The van der Waals surface area contributed by atoms with Crippen LogP contribution in [0, 0.1) is 12.7 Å². The molecule has 0 N–H and O–H groups in total. The number of anilines is 1. The Kier molecular flexibility index (Phi) is 9.00. The minimum Gasteiger partial charge on any atom is -0.378 e. The lowest BCUT2D eigenvalue weighted by Gasteiger charge is -2.28. The van der Waals surface area contributed by atoms with Crippen molar-refractivity contribution in [3.63, 3.8) is 0 Å². The van der Waals surface area contributed by atoms with Gasteiger partial charge >= 0.3 is 0 Å². The minimum atomic E-state index is -0.784. The summed E-state index contributed by atoms with van der Waals surface area (Å²) < 4.78 is 34.5. The third kappa shape index (κ3) is 6.51. The highest BCUT2D eigenvalue weighted by Crippen LogP contribution is 2.31. The van der Waals surface area contributed by atoms with Gasteiger partial charge in [-0.25, -0.2) is 18.9 Å². The molecule has 5 aromatic rings. The number of benzene rings is 3. The monoisotopic (exact) mass is 636 g/mol. The molecule has 0 aliphatic carbocycles. The molecule has 0 unspecified atom stereocenters. The summed E-state index contributed by atoms with van der Waals surface area (Å²) in [5, 5.41) is 5.18. The maximum Gasteiger partial charge on any atom is 0.180 e. The van der Waals surface area contributed by atoms with E-state index in [1.807, 2.05) is 60.0 Å². The first kappa shape index (κ1) is 30.4. The Labute approximate surface area is 271 Å². The highest BCUT2D eigenvalue weighted by atomic mass is 32.2. The van der Waals surface area contributed by atoms with Crippen LogP contribution < -0.4 is 4.90 Å². The predicted octanol–water partition coefficient (Wildman–Crippen LogP) is 5.34. The smallest absolute Gasteiger partial charge is 0.180 e. The zero-order valence-corrected chi connectivity index (χ0v) is 26.8. The number of aromatic nitrogens is 3. The van der Waals surface area contributed by atoms with Crippen LogP contribution in [0.25, 0.3) is 5.65 Å². The van der Waals surface area contributed by atoms with Crippen LogP contribution >= 0.6 is 0 Å². The fourth-order valence-electron chi connectivity index (χ4n) is 6.09. The SMILES string of the molecule is Cc1c(F)cccc1Cc1c(CN2CCS(=O)CC2)nc2c(N=C(c3ccccc3)c3ccccc3)cc(N3CCOCC3)nn12. The molecule has 2 saturated heterocycles. The third-order valence-corrected chi connectivity index (χ3v) is 10.0. The van der Waals surface area contributed by atoms with Crippen LogP contribution in [0.5, 0.6) is 0 Å². The zero-order chi connectivity index (χ0) is 31.5. The molecule has 0 atom stereocenters. The van der Waals surface area contributed by atoms with Gasteiger partial charge in [0.05, 0.1) is 30.3 Å². The fraction of sp³-hybridized carbons (Fsp3) is 0.306. The molecule has 3 aromatic carbocycles. The third-order valence-electron chi connectivity index (χ3n) is 8.77. The molecular weight excluding hydrogens is 600 g/mol. The molecule has 0 amide bonds. The van der Waals surface area contributed by atoms with Crippen LogP contribution in [0.3, 0.4) is 0 Å². The summed E-state index contributed by atoms with van der Waals surface area (Å²) in [5.74, 6) is 1.87. The van der Waals surface area contributed by atoms with Gasteiger partial charge in [0.2, 0.25) is 0 Å². The standard InChI is InChI=1S/C36H37FN6O2S/c1-26-29(13-8-14-30(26)37)23-33-32(25-41-17-21-46(44)22-18-41)39-36-31(24-34(40-43(33)36)42-15-19-45-20-16-42)38-35(27-9-4-2-5-10-27)28-11-6-3-7-12-28/h2-14,24H,15-23,25H2,1H3. The predicted molar refractivity (Wildman–Crippen MR) is 181 cm³/mol. The summed E-state index contributed by atoms with van der Waals surface area (Å²) in [4.78, 5) is 15.1. The molecule has 46 heavy (non-hydrogen) atoms. The number of nitrogens with zero attached hydrogens (tertiary/aromatic N) is 6. The second kappa shape index (κ2) is 13.6. The summed E-state index contributed by atoms with van der Waals surface area (Å²) >= 11 is 0. The van der Waals surface area contributed by atoms with Gasteiger partial charge < -0.3 is 9.64 Å². The van der Waals surface area contributed by atoms with Crippen molar-refractivity contribution in [3.05, 3.63) is 124 Å². The lowest BCUT2D eigenvalue weighted by molar-refractivity contribution is 0.122. The minimum absolute atomic E-state index is 0.228. The van der Waals surface area contributed by atoms with E-state index in [-0.39, 0.29) is 5.82 Å². The van der Waals surface area contributed by atoms with E-state index in [0.717, 1.165) is 65.8 Å². The number of morpholine rings is 1. The van der Waals surface area contributed by atoms with E-state index < -0.39 is 10.8 Å². The highest BCUT2D eigenvalue weighted by molar-refractivity contribution is 7.85. The molecular formula is C36H37FN6O2S. The average Bonchev–Trinajstić information content (AvgIpc) is 3.44. The molecule has 2 fully saturated rings. The van der Waals surface area contributed by atoms with Crippen molar-refractivity contribution in [2.75, 3.05) is 55.8 Å². The number of fused-ring (bicyclic) bond motifs is 1. The molecule has 0 radical (unpaired) electrons. The van der Waals surface area contributed by atoms with E-state index in [2.05, 4.69) is 34.1 Å². The van der Waals surface area contributed by atoms with Crippen molar-refractivity contribution >= 4 is 33.7 Å². The maximum atomic E-state index is 14.8. The first-order valence-corrected chi connectivity index (χ1v) is 17.3. The van der Waals surface area contributed by atoms with Crippen molar-refractivity contribution in [3.8, 4) is 0 Å². The van der Waals surface area contributed by atoms with Crippen LogP contribution in [-0.2, 0) is 28.5 Å². The van der Waals surface area contributed by atoms with Crippen LogP contribution in [0.15, 0.2) is 89.9 Å². The second-order valence-electron chi connectivity index (χ2n) is 11.7. The molecule has 2 aromatic heterocycles. The normalized spacial score (nSPS) is 16.2. The Morgan fingerprint density at radius 3 is 2.26 bits per heavy atom. The van der Waals surface area contributed by atoms with Gasteiger partial charge in [-0.2, -0.15) is 0 Å². The lowest BCUT2D eigenvalue weighted by atomic mass is 10.0. The van der Waals surface area contributed by atoms with E-state index >= 15 is 0 Å². The highest BCUT2D eigenvalue weighted by Gasteiger charge is 2.25. The molecule has 2 aliphatic heterocycles. The van der Waals surface area contributed by atoms with Crippen LogP contribution in [0.4, 0.5) is 15.9 Å². The van der Waals surface area contributed by atoms with Gasteiger partial charge in [-0.05, 0) is 24.1 Å².